The third kappa shape index (κ3) is 4.03. The Kier molecular flexibility index (Phi) is 5.70. The van der Waals surface area contributed by atoms with Crippen LogP contribution < -0.4 is 10.5 Å². The highest BCUT2D eigenvalue weighted by Crippen LogP contribution is 2.32. The lowest BCUT2D eigenvalue weighted by Gasteiger charge is -2.38. The van der Waals surface area contributed by atoms with Gasteiger partial charge in [-0.2, -0.15) is 0 Å². The number of ether oxygens (including phenoxy) is 2. The van der Waals surface area contributed by atoms with Crippen molar-refractivity contribution in [1.29, 1.82) is 0 Å². The fraction of sp³-hybridized carbons (Fsp3) is 0.308. The molecule has 0 saturated carbocycles. The van der Waals surface area contributed by atoms with Crippen molar-refractivity contribution in [3.05, 3.63) is 86.4 Å². The molecule has 0 N–H and O–H groups in total. The maximum atomic E-state index is 15.1. The average molecular weight is 508 g/mol. The van der Waals surface area contributed by atoms with Gasteiger partial charge in [0.05, 0.1) is 36.8 Å². The molecule has 8 nitrogen and oxygen atoms in total. The second-order valence-corrected chi connectivity index (χ2v) is 9.61. The largest absolute Gasteiger partial charge is 0.370 e. The van der Waals surface area contributed by atoms with E-state index in [1.54, 1.807) is 24.5 Å². The van der Waals surface area contributed by atoms with E-state index >= 15 is 4.39 Å². The summed E-state index contributed by atoms with van der Waals surface area (Å²) in [7, 11) is 0. The van der Waals surface area contributed by atoms with E-state index in [1.165, 1.54) is 10.5 Å². The van der Waals surface area contributed by atoms with Gasteiger partial charge in [0.1, 0.15) is 23.4 Å². The van der Waals surface area contributed by atoms with Crippen molar-refractivity contribution in [2.24, 2.45) is 0 Å². The third-order valence-corrected chi connectivity index (χ3v) is 6.76. The minimum absolute atomic E-state index is 0.103. The predicted octanol–water partition coefficient (Wildman–Crippen LogP) is 4.25. The Morgan fingerprint density at radius 2 is 2.00 bits per heavy atom. The van der Waals surface area contributed by atoms with Crippen LogP contribution in [0, 0.1) is 12.7 Å². The average Bonchev–Trinajstić information content (AvgIpc) is 3.33. The molecule has 6 rings (SSSR count). The standard InChI is InChI=1S/C26H23ClFN5O3/c1-14-7-16(5-6-29-14)22-10-32(9-15(2)36-22)23-11-33-25(30-21-13-35-12-19(21)26(33)34)24(31-23)18-4-3-17(27)8-20(18)28/h3-8,11,15,22H,9-10,12-13H2,1-2H3/t15-,22-/m0/s1. The smallest absolute Gasteiger partial charge is 0.263 e. The zero-order valence-electron chi connectivity index (χ0n) is 19.7. The molecule has 2 aliphatic heterocycles. The van der Waals surface area contributed by atoms with E-state index in [4.69, 9.17) is 26.1 Å². The number of morpholine rings is 1. The van der Waals surface area contributed by atoms with Crippen LogP contribution in [0.15, 0.2) is 47.5 Å². The molecule has 2 aliphatic rings. The summed E-state index contributed by atoms with van der Waals surface area (Å²) in [4.78, 5) is 29.3. The molecule has 5 heterocycles. The third-order valence-electron chi connectivity index (χ3n) is 6.53. The molecule has 4 aromatic rings. The molecule has 0 bridgehead atoms. The predicted molar refractivity (Wildman–Crippen MR) is 133 cm³/mol. The summed E-state index contributed by atoms with van der Waals surface area (Å²) in [6.07, 6.45) is 3.12. The van der Waals surface area contributed by atoms with Gasteiger partial charge in [-0.1, -0.05) is 11.6 Å². The van der Waals surface area contributed by atoms with Crippen LogP contribution in [-0.2, 0) is 22.7 Å². The Bertz CT molecular complexity index is 1560. The Morgan fingerprint density at radius 3 is 2.81 bits per heavy atom. The zero-order valence-corrected chi connectivity index (χ0v) is 20.5. The summed E-state index contributed by atoms with van der Waals surface area (Å²) in [5.41, 5.74) is 3.49. The number of aryl methyl sites for hydroxylation is 1. The van der Waals surface area contributed by atoms with Crippen molar-refractivity contribution >= 4 is 23.1 Å². The topological polar surface area (TPSA) is 81.9 Å². The molecular formula is C26H23ClFN5O3. The quantitative estimate of drug-likeness (QED) is 0.410. The zero-order chi connectivity index (χ0) is 25.0. The van der Waals surface area contributed by atoms with E-state index in [0.29, 0.717) is 30.2 Å². The van der Waals surface area contributed by atoms with Gasteiger partial charge < -0.3 is 14.4 Å². The van der Waals surface area contributed by atoms with Crippen molar-refractivity contribution in [2.75, 3.05) is 18.0 Å². The number of fused-ring (bicyclic) bond motifs is 2. The number of benzene rings is 1. The number of nitrogens with zero attached hydrogens (tertiary/aromatic N) is 5. The number of anilines is 1. The highest BCUT2D eigenvalue weighted by molar-refractivity contribution is 6.30. The maximum absolute atomic E-state index is 15.1. The highest BCUT2D eigenvalue weighted by Gasteiger charge is 2.30. The van der Waals surface area contributed by atoms with Gasteiger partial charge in [0.25, 0.3) is 5.56 Å². The first-order valence-corrected chi connectivity index (χ1v) is 12.1. The Labute approximate surface area is 211 Å². The molecule has 10 heteroatoms. The number of rotatable bonds is 3. The Balaban J connectivity index is 1.52. The second-order valence-electron chi connectivity index (χ2n) is 9.17. The van der Waals surface area contributed by atoms with E-state index in [2.05, 4.69) is 14.9 Å². The lowest BCUT2D eigenvalue weighted by atomic mass is 10.1. The summed E-state index contributed by atoms with van der Waals surface area (Å²) in [5.74, 6) is -0.0129. The molecule has 2 atom stereocenters. The van der Waals surface area contributed by atoms with Gasteiger partial charge in [0.15, 0.2) is 5.65 Å². The fourth-order valence-electron chi connectivity index (χ4n) is 4.83. The molecule has 0 aliphatic carbocycles. The van der Waals surface area contributed by atoms with E-state index < -0.39 is 5.82 Å². The van der Waals surface area contributed by atoms with Gasteiger partial charge >= 0.3 is 0 Å². The van der Waals surface area contributed by atoms with Crippen LogP contribution in [0.2, 0.25) is 5.02 Å². The lowest BCUT2D eigenvalue weighted by Crippen LogP contribution is -2.43. The van der Waals surface area contributed by atoms with E-state index in [-0.39, 0.29) is 52.9 Å². The van der Waals surface area contributed by atoms with Crippen LogP contribution >= 0.6 is 11.6 Å². The van der Waals surface area contributed by atoms with Crippen LogP contribution in [0.25, 0.3) is 16.9 Å². The summed E-state index contributed by atoms with van der Waals surface area (Å²) in [5, 5.41) is 0.272. The molecule has 0 unspecified atom stereocenters. The van der Waals surface area contributed by atoms with Gasteiger partial charge in [-0.3, -0.25) is 14.2 Å². The lowest BCUT2D eigenvalue weighted by molar-refractivity contribution is -0.0177. The molecule has 36 heavy (non-hydrogen) atoms. The first-order valence-electron chi connectivity index (χ1n) is 11.7. The van der Waals surface area contributed by atoms with Gasteiger partial charge in [-0.15, -0.1) is 0 Å². The number of hydrogen-bond acceptors (Lipinski definition) is 7. The van der Waals surface area contributed by atoms with Crippen molar-refractivity contribution < 1.29 is 13.9 Å². The van der Waals surface area contributed by atoms with Crippen molar-refractivity contribution in [3.63, 3.8) is 0 Å². The van der Waals surface area contributed by atoms with Gasteiger partial charge in [0.2, 0.25) is 0 Å². The van der Waals surface area contributed by atoms with Crippen LogP contribution in [0.3, 0.4) is 0 Å². The van der Waals surface area contributed by atoms with Crippen LogP contribution in [-0.4, -0.2) is 38.5 Å². The van der Waals surface area contributed by atoms with E-state index in [1.807, 2.05) is 26.0 Å². The van der Waals surface area contributed by atoms with E-state index in [9.17, 15) is 4.79 Å². The normalized spacial score (nSPS) is 19.6. The summed E-state index contributed by atoms with van der Waals surface area (Å²) >= 11 is 6.00. The molecule has 3 aromatic heterocycles. The molecule has 0 spiro atoms. The first kappa shape index (κ1) is 23.0. The molecule has 1 saturated heterocycles. The summed E-state index contributed by atoms with van der Waals surface area (Å²) in [6, 6.07) is 8.33. The first-order chi connectivity index (χ1) is 17.4. The number of aromatic nitrogens is 4. The van der Waals surface area contributed by atoms with Gasteiger partial charge in [-0.25, -0.2) is 14.4 Å². The molecule has 184 valence electrons. The van der Waals surface area contributed by atoms with Gasteiger partial charge in [0, 0.05) is 35.6 Å². The summed E-state index contributed by atoms with van der Waals surface area (Å²) < 4.78 is 28.2. The van der Waals surface area contributed by atoms with Crippen molar-refractivity contribution in [3.8, 4) is 11.3 Å². The number of pyridine rings is 1. The number of halogens is 2. The SMILES string of the molecule is Cc1cc([C@@H]2CN(c3cn4c(=O)c5c(nc4c(-c4ccc(Cl)cc4F)n3)COC5)C[C@H](C)O2)ccn1. The van der Waals surface area contributed by atoms with Crippen LogP contribution in [0.4, 0.5) is 10.2 Å². The van der Waals surface area contributed by atoms with Crippen LogP contribution in [0.5, 0.6) is 0 Å². The van der Waals surface area contributed by atoms with E-state index in [0.717, 1.165) is 11.3 Å². The Hall–Kier alpha value is -3.40. The molecule has 0 amide bonds. The van der Waals surface area contributed by atoms with Crippen LogP contribution in [0.1, 0.15) is 35.5 Å². The Morgan fingerprint density at radius 1 is 1.14 bits per heavy atom. The van der Waals surface area contributed by atoms with Crippen molar-refractivity contribution in [1.82, 2.24) is 19.4 Å². The van der Waals surface area contributed by atoms with Crippen molar-refractivity contribution in [2.45, 2.75) is 39.3 Å². The minimum atomic E-state index is -0.541. The highest BCUT2D eigenvalue weighted by atomic mass is 35.5. The molecule has 1 aromatic carbocycles. The maximum Gasteiger partial charge on any atom is 0.263 e. The monoisotopic (exact) mass is 507 g/mol. The molecule has 1 fully saturated rings. The molecular weight excluding hydrogens is 485 g/mol. The summed E-state index contributed by atoms with van der Waals surface area (Å²) in [6.45, 7) is 5.42. The fourth-order valence-corrected chi connectivity index (χ4v) is 4.99. The molecule has 0 radical (unpaired) electrons. The minimum Gasteiger partial charge on any atom is -0.370 e. The second kappa shape index (κ2) is 8.92. The van der Waals surface area contributed by atoms with Gasteiger partial charge in [-0.05, 0) is 49.7 Å². The number of hydrogen-bond donors (Lipinski definition) is 0.